The first-order valence-electron chi connectivity index (χ1n) is 10.0. The third-order valence-corrected chi connectivity index (χ3v) is 6.07. The van der Waals surface area contributed by atoms with Crippen LogP contribution in [-0.2, 0) is 0 Å². The molecule has 0 radical (unpaired) electrons. The fourth-order valence-corrected chi connectivity index (χ4v) is 4.40. The summed E-state index contributed by atoms with van der Waals surface area (Å²) >= 11 is 3.43. The lowest BCUT2D eigenvalue weighted by Crippen LogP contribution is -2.32. The molecule has 0 fully saturated rings. The van der Waals surface area contributed by atoms with Crippen LogP contribution in [0, 0.1) is 16.0 Å². The van der Waals surface area contributed by atoms with E-state index in [9.17, 15) is 14.9 Å². The lowest BCUT2D eigenvalue weighted by atomic mass is 9.70. The molecule has 3 aromatic carbocycles. The molecule has 0 saturated heterocycles. The largest absolute Gasteiger partial charge is 0.294 e. The average molecular weight is 466 g/mol. The molecule has 0 aliphatic rings. The van der Waals surface area contributed by atoms with E-state index in [1.165, 1.54) is 0 Å². The van der Waals surface area contributed by atoms with Crippen LogP contribution in [0.15, 0.2) is 89.4 Å². The summed E-state index contributed by atoms with van der Waals surface area (Å²) in [5.41, 5.74) is 2.42. The van der Waals surface area contributed by atoms with Gasteiger partial charge in [0.25, 0.3) is 0 Å². The summed E-state index contributed by atoms with van der Waals surface area (Å²) in [6, 6.07) is 26.4. The molecule has 3 rings (SSSR count). The number of ketones is 1. The van der Waals surface area contributed by atoms with Crippen molar-refractivity contribution in [3.05, 3.63) is 116 Å². The molecule has 0 aliphatic heterocycles. The minimum absolute atomic E-state index is 0.0546. The molecule has 3 aromatic rings. The molecule has 0 amide bonds. The van der Waals surface area contributed by atoms with Gasteiger partial charge in [0.15, 0.2) is 5.78 Å². The minimum Gasteiger partial charge on any atom is -0.294 e. The highest BCUT2D eigenvalue weighted by Gasteiger charge is 2.39. The maximum atomic E-state index is 13.7. The van der Waals surface area contributed by atoms with Crippen LogP contribution in [-0.4, -0.2) is 17.3 Å². The molecule has 5 heteroatoms. The van der Waals surface area contributed by atoms with E-state index < -0.39 is 11.8 Å². The van der Waals surface area contributed by atoms with E-state index in [-0.39, 0.29) is 23.2 Å². The standard InChI is InChI=1S/C25H24BrNO3/c1-2-22(18-9-5-3-6-10-18)24(25(28)20-11-7-4-8-12-20)23(17-27(29)30)19-13-15-21(26)16-14-19/h3-16,22-24H,2,17H2,1H3/t22-,23+,24+/m0/s1. The third kappa shape index (κ3) is 5.22. The fourth-order valence-electron chi connectivity index (χ4n) is 4.13. The highest BCUT2D eigenvalue weighted by molar-refractivity contribution is 9.10. The SMILES string of the molecule is CC[C@@H](c1ccccc1)[C@@H](C(=O)c1ccccc1)[C@H](C[N+](=O)[O-])c1ccc(Br)cc1. The fraction of sp³-hybridized carbons (Fsp3) is 0.240. The van der Waals surface area contributed by atoms with E-state index >= 15 is 0 Å². The Morgan fingerprint density at radius 3 is 1.93 bits per heavy atom. The molecule has 154 valence electrons. The van der Waals surface area contributed by atoms with E-state index in [0.717, 1.165) is 15.6 Å². The van der Waals surface area contributed by atoms with Crippen LogP contribution in [0.25, 0.3) is 0 Å². The molecule has 3 atom stereocenters. The lowest BCUT2D eigenvalue weighted by Gasteiger charge is -2.31. The summed E-state index contributed by atoms with van der Waals surface area (Å²) in [7, 11) is 0. The molecule has 0 heterocycles. The number of Topliss-reactive ketones (excluding diaryl/α,β-unsaturated/α-hetero) is 1. The summed E-state index contributed by atoms with van der Waals surface area (Å²) in [5.74, 6) is -1.27. The number of halogens is 1. The van der Waals surface area contributed by atoms with E-state index in [2.05, 4.69) is 15.9 Å². The van der Waals surface area contributed by atoms with Crippen LogP contribution in [0.4, 0.5) is 0 Å². The highest BCUT2D eigenvalue weighted by Crippen LogP contribution is 2.40. The Balaban J connectivity index is 2.15. The van der Waals surface area contributed by atoms with E-state index in [1.54, 1.807) is 12.1 Å². The predicted octanol–water partition coefficient (Wildman–Crippen LogP) is 6.50. The van der Waals surface area contributed by atoms with Crippen molar-refractivity contribution in [3.63, 3.8) is 0 Å². The zero-order valence-corrected chi connectivity index (χ0v) is 18.4. The Morgan fingerprint density at radius 1 is 0.867 bits per heavy atom. The highest BCUT2D eigenvalue weighted by atomic mass is 79.9. The molecule has 0 spiro atoms. The van der Waals surface area contributed by atoms with E-state index in [1.807, 2.05) is 79.7 Å². The lowest BCUT2D eigenvalue weighted by molar-refractivity contribution is -0.484. The van der Waals surface area contributed by atoms with Crippen LogP contribution >= 0.6 is 15.9 Å². The molecule has 0 bridgehead atoms. The van der Waals surface area contributed by atoms with Gasteiger partial charge in [0.05, 0.1) is 5.92 Å². The molecule has 0 unspecified atom stereocenters. The van der Waals surface area contributed by atoms with Crippen LogP contribution in [0.3, 0.4) is 0 Å². The molecule has 4 nitrogen and oxygen atoms in total. The van der Waals surface area contributed by atoms with Gasteiger partial charge in [-0.1, -0.05) is 95.7 Å². The number of nitrogens with zero attached hydrogens (tertiary/aromatic N) is 1. The molecular weight excluding hydrogens is 442 g/mol. The zero-order valence-electron chi connectivity index (χ0n) is 16.8. The Labute approximate surface area is 185 Å². The third-order valence-electron chi connectivity index (χ3n) is 5.54. The van der Waals surface area contributed by atoms with E-state index in [4.69, 9.17) is 0 Å². The monoisotopic (exact) mass is 465 g/mol. The van der Waals surface area contributed by atoms with Crippen molar-refractivity contribution in [1.82, 2.24) is 0 Å². The number of benzene rings is 3. The number of hydrogen-bond donors (Lipinski definition) is 0. The van der Waals surface area contributed by atoms with Crippen molar-refractivity contribution in [1.29, 1.82) is 0 Å². The first-order valence-corrected chi connectivity index (χ1v) is 10.8. The normalized spacial score (nSPS) is 13.9. The van der Waals surface area contributed by atoms with Crippen LogP contribution in [0.1, 0.15) is 46.7 Å². The van der Waals surface area contributed by atoms with Crippen molar-refractivity contribution in [3.8, 4) is 0 Å². The first kappa shape index (κ1) is 21.9. The average Bonchev–Trinajstić information content (AvgIpc) is 2.77. The smallest absolute Gasteiger partial charge is 0.211 e. The number of rotatable bonds is 9. The van der Waals surface area contributed by atoms with Gasteiger partial charge >= 0.3 is 0 Å². The van der Waals surface area contributed by atoms with Crippen LogP contribution in [0.2, 0.25) is 0 Å². The summed E-state index contributed by atoms with van der Waals surface area (Å²) in [6.45, 7) is 1.74. The molecule has 0 N–H and O–H groups in total. The Kier molecular flexibility index (Phi) is 7.52. The van der Waals surface area contributed by atoms with Crippen LogP contribution < -0.4 is 0 Å². The summed E-state index contributed by atoms with van der Waals surface area (Å²) < 4.78 is 0.895. The second-order valence-electron chi connectivity index (χ2n) is 7.35. The quantitative estimate of drug-likeness (QED) is 0.205. The van der Waals surface area contributed by atoms with E-state index in [0.29, 0.717) is 12.0 Å². The van der Waals surface area contributed by atoms with Gasteiger partial charge < -0.3 is 0 Å². The maximum absolute atomic E-state index is 13.7. The predicted molar refractivity (Wildman–Crippen MR) is 122 cm³/mol. The van der Waals surface area contributed by atoms with Gasteiger partial charge in [0.2, 0.25) is 6.54 Å². The molecule has 30 heavy (non-hydrogen) atoms. The van der Waals surface area contributed by atoms with Gasteiger partial charge in [0.1, 0.15) is 0 Å². The molecule has 0 aliphatic carbocycles. The second kappa shape index (κ2) is 10.3. The molecule has 0 aromatic heterocycles. The molecule has 0 saturated carbocycles. The van der Waals surface area contributed by atoms with Gasteiger partial charge in [-0.05, 0) is 35.6 Å². The van der Waals surface area contributed by atoms with Crippen LogP contribution in [0.5, 0.6) is 0 Å². The van der Waals surface area contributed by atoms with Crippen molar-refractivity contribution >= 4 is 21.7 Å². The number of nitro groups is 1. The minimum atomic E-state index is -0.550. The number of hydrogen-bond acceptors (Lipinski definition) is 3. The topological polar surface area (TPSA) is 60.2 Å². The van der Waals surface area contributed by atoms with Gasteiger partial charge in [0, 0.05) is 20.9 Å². The van der Waals surface area contributed by atoms with Gasteiger partial charge in [-0.2, -0.15) is 0 Å². The number of carbonyl (C=O) groups is 1. The van der Waals surface area contributed by atoms with Crippen molar-refractivity contribution < 1.29 is 9.72 Å². The van der Waals surface area contributed by atoms with Crippen molar-refractivity contribution in [2.24, 2.45) is 5.92 Å². The van der Waals surface area contributed by atoms with Crippen molar-refractivity contribution in [2.45, 2.75) is 25.2 Å². The Hall–Kier alpha value is -2.79. The Morgan fingerprint density at radius 2 is 1.40 bits per heavy atom. The summed E-state index contributed by atoms with van der Waals surface area (Å²) in [4.78, 5) is 25.1. The van der Waals surface area contributed by atoms with Crippen molar-refractivity contribution in [2.75, 3.05) is 6.54 Å². The number of carbonyl (C=O) groups excluding carboxylic acids is 1. The molecular formula is C25H24BrNO3. The van der Waals surface area contributed by atoms with Gasteiger partial charge in [-0.25, -0.2) is 0 Å². The Bertz CT molecular complexity index is 974. The second-order valence-corrected chi connectivity index (χ2v) is 8.27. The zero-order chi connectivity index (χ0) is 21.5. The first-order chi connectivity index (χ1) is 14.5. The maximum Gasteiger partial charge on any atom is 0.211 e. The van der Waals surface area contributed by atoms with Gasteiger partial charge in [-0.15, -0.1) is 0 Å². The summed E-state index contributed by atoms with van der Waals surface area (Å²) in [6.07, 6.45) is 0.706. The summed E-state index contributed by atoms with van der Waals surface area (Å²) in [5, 5.41) is 11.6. The van der Waals surface area contributed by atoms with Gasteiger partial charge in [-0.3, -0.25) is 14.9 Å².